The monoisotopic (exact) mass is 167 g/mol. The zero-order valence-electron chi connectivity index (χ0n) is 8.75. The van der Waals surface area contributed by atoms with Gasteiger partial charge in [0.05, 0.1) is 0 Å². The zero-order valence-corrected chi connectivity index (χ0v) is 8.75. The fourth-order valence-corrected chi connectivity index (χ4v) is 1.75. The van der Waals surface area contributed by atoms with Crippen LogP contribution in [0.2, 0.25) is 6.82 Å². The molecule has 1 aliphatic heterocycles. The first-order valence-electron chi connectivity index (χ1n) is 4.89. The minimum atomic E-state index is 0.654. The van der Waals surface area contributed by atoms with Gasteiger partial charge in [-0.3, -0.25) is 4.90 Å². The fraction of sp³-hybridized carbons (Fsp3) is 1.00. The van der Waals surface area contributed by atoms with Gasteiger partial charge < -0.3 is 4.90 Å². The second-order valence-corrected chi connectivity index (χ2v) is 3.97. The number of nitrogens with zero attached hydrogens (tertiary/aromatic N) is 2. The van der Waals surface area contributed by atoms with Crippen molar-refractivity contribution in [3.63, 3.8) is 0 Å². The van der Waals surface area contributed by atoms with Gasteiger partial charge in [0.25, 0.3) is 0 Å². The van der Waals surface area contributed by atoms with Crippen LogP contribution in [0.15, 0.2) is 0 Å². The highest BCUT2D eigenvalue weighted by Gasteiger charge is 2.23. The maximum Gasteiger partial charge on any atom is 0.131 e. The molecule has 1 radical (unpaired) electrons. The number of hydrogen-bond acceptors (Lipinski definition) is 2. The first-order chi connectivity index (χ1) is 5.65. The maximum absolute atomic E-state index is 2.55. The SMILES string of the molecule is C[B][C@H]1CN(C(C)C)CCN1C. The minimum absolute atomic E-state index is 0.654. The zero-order chi connectivity index (χ0) is 9.14. The van der Waals surface area contributed by atoms with E-state index in [9.17, 15) is 0 Å². The van der Waals surface area contributed by atoms with Crippen LogP contribution in [0.5, 0.6) is 0 Å². The first-order valence-corrected chi connectivity index (χ1v) is 4.89. The summed E-state index contributed by atoms with van der Waals surface area (Å²) in [5, 5.41) is 0. The summed E-state index contributed by atoms with van der Waals surface area (Å²) in [5.41, 5.74) is 0. The van der Waals surface area contributed by atoms with Crippen LogP contribution in [-0.4, -0.2) is 55.7 Å². The van der Waals surface area contributed by atoms with Gasteiger partial charge in [-0.05, 0) is 26.8 Å². The Kier molecular flexibility index (Phi) is 3.60. The average molecular weight is 167 g/mol. The van der Waals surface area contributed by atoms with Crippen LogP contribution < -0.4 is 0 Å². The number of likely N-dealkylation sites (N-methyl/N-ethyl adjacent to an activating group) is 1. The number of rotatable bonds is 2. The molecule has 0 unspecified atom stereocenters. The molecule has 0 aromatic rings. The van der Waals surface area contributed by atoms with Gasteiger partial charge in [-0.15, -0.1) is 0 Å². The van der Waals surface area contributed by atoms with E-state index in [2.05, 4.69) is 44.8 Å². The van der Waals surface area contributed by atoms with E-state index in [4.69, 9.17) is 0 Å². The van der Waals surface area contributed by atoms with Crippen LogP contribution in [-0.2, 0) is 0 Å². The molecule has 0 N–H and O–H groups in total. The van der Waals surface area contributed by atoms with Gasteiger partial charge in [-0.25, -0.2) is 0 Å². The summed E-state index contributed by atoms with van der Waals surface area (Å²) in [4.78, 5) is 4.98. The predicted molar refractivity (Wildman–Crippen MR) is 54.7 cm³/mol. The van der Waals surface area contributed by atoms with E-state index < -0.39 is 0 Å². The summed E-state index contributed by atoms with van der Waals surface area (Å²) in [5.74, 6) is 0.654. The fourth-order valence-electron chi connectivity index (χ4n) is 1.75. The minimum Gasteiger partial charge on any atom is -0.309 e. The molecule has 1 atom stereocenters. The molecular weight excluding hydrogens is 147 g/mol. The highest BCUT2D eigenvalue weighted by atomic mass is 15.3. The Bertz CT molecular complexity index is 138. The Morgan fingerprint density at radius 2 is 2.00 bits per heavy atom. The van der Waals surface area contributed by atoms with Crippen LogP contribution in [0, 0.1) is 0 Å². The molecule has 1 heterocycles. The first kappa shape index (κ1) is 10.1. The van der Waals surface area contributed by atoms with Gasteiger partial charge in [-0.1, -0.05) is 6.82 Å². The van der Waals surface area contributed by atoms with Gasteiger partial charge in [-0.2, -0.15) is 0 Å². The quantitative estimate of drug-likeness (QED) is 0.559. The third kappa shape index (κ3) is 2.24. The lowest BCUT2D eigenvalue weighted by atomic mass is 9.70. The molecule has 0 aromatic heterocycles. The smallest absolute Gasteiger partial charge is 0.131 e. The van der Waals surface area contributed by atoms with Crippen LogP contribution >= 0.6 is 0 Å². The van der Waals surface area contributed by atoms with Crippen molar-refractivity contribution in [1.29, 1.82) is 0 Å². The van der Waals surface area contributed by atoms with E-state index in [0.29, 0.717) is 12.0 Å². The third-order valence-electron chi connectivity index (χ3n) is 2.84. The molecule has 12 heavy (non-hydrogen) atoms. The Morgan fingerprint density at radius 1 is 1.33 bits per heavy atom. The van der Waals surface area contributed by atoms with E-state index in [1.807, 2.05) is 0 Å². The highest BCUT2D eigenvalue weighted by molar-refractivity contribution is 6.35. The molecule has 0 amide bonds. The summed E-state index contributed by atoms with van der Waals surface area (Å²) in [6.45, 7) is 10.3. The molecule has 3 heteroatoms. The Morgan fingerprint density at radius 3 is 2.50 bits per heavy atom. The van der Waals surface area contributed by atoms with Gasteiger partial charge >= 0.3 is 0 Å². The van der Waals surface area contributed by atoms with Crippen molar-refractivity contribution < 1.29 is 0 Å². The summed E-state index contributed by atoms with van der Waals surface area (Å²) >= 11 is 0. The van der Waals surface area contributed by atoms with E-state index in [1.54, 1.807) is 0 Å². The third-order valence-corrected chi connectivity index (χ3v) is 2.84. The van der Waals surface area contributed by atoms with E-state index in [1.165, 1.54) is 19.6 Å². The summed E-state index contributed by atoms with van der Waals surface area (Å²) in [6, 6.07) is 0.696. The van der Waals surface area contributed by atoms with Crippen molar-refractivity contribution in [2.45, 2.75) is 32.7 Å². The molecule has 0 bridgehead atoms. The van der Waals surface area contributed by atoms with Crippen molar-refractivity contribution in [1.82, 2.24) is 9.80 Å². The van der Waals surface area contributed by atoms with Crippen molar-refractivity contribution in [2.75, 3.05) is 26.7 Å². The van der Waals surface area contributed by atoms with E-state index >= 15 is 0 Å². The van der Waals surface area contributed by atoms with Gasteiger partial charge in [0.2, 0.25) is 0 Å². The molecule has 1 aliphatic rings. The van der Waals surface area contributed by atoms with Gasteiger partial charge in [0.1, 0.15) is 7.28 Å². The molecule has 0 aliphatic carbocycles. The molecule has 1 saturated heterocycles. The van der Waals surface area contributed by atoms with Gasteiger partial charge in [0.15, 0.2) is 0 Å². The molecule has 69 valence electrons. The molecule has 2 nitrogen and oxygen atoms in total. The molecule has 0 spiro atoms. The number of hydrogen-bond donors (Lipinski definition) is 0. The summed E-state index contributed by atoms with van der Waals surface area (Å²) in [6.07, 6.45) is 0. The molecule has 1 fully saturated rings. The maximum atomic E-state index is 2.55. The highest BCUT2D eigenvalue weighted by Crippen LogP contribution is 2.09. The van der Waals surface area contributed by atoms with Crippen LogP contribution in [0.4, 0.5) is 0 Å². The summed E-state index contributed by atoms with van der Waals surface area (Å²) < 4.78 is 0. The Labute approximate surface area is 77.2 Å². The van der Waals surface area contributed by atoms with Crippen molar-refractivity contribution in [3.05, 3.63) is 0 Å². The molecule has 1 rings (SSSR count). The van der Waals surface area contributed by atoms with Gasteiger partial charge in [0, 0.05) is 25.7 Å². The van der Waals surface area contributed by atoms with Crippen LogP contribution in [0.1, 0.15) is 13.8 Å². The lowest BCUT2D eigenvalue weighted by molar-refractivity contribution is 0.107. The number of piperazine rings is 1. The van der Waals surface area contributed by atoms with E-state index in [-0.39, 0.29) is 0 Å². The second-order valence-electron chi connectivity index (χ2n) is 3.97. The predicted octanol–water partition coefficient (Wildman–Crippen LogP) is 0.721. The molecule has 0 saturated carbocycles. The standard InChI is InChI=1S/C9H20BN2/c1-8(2)12-6-5-11(4)9(7-12)10-3/h8-9H,5-7H2,1-4H3/t9-/m1/s1. The Balaban J connectivity index is 2.44. The molecule has 0 aromatic carbocycles. The van der Waals surface area contributed by atoms with Crippen molar-refractivity contribution in [3.8, 4) is 0 Å². The van der Waals surface area contributed by atoms with Crippen molar-refractivity contribution >= 4 is 7.28 Å². The second kappa shape index (κ2) is 4.29. The topological polar surface area (TPSA) is 6.48 Å². The molecular formula is C9H20BN2. The van der Waals surface area contributed by atoms with Crippen LogP contribution in [0.25, 0.3) is 0 Å². The van der Waals surface area contributed by atoms with Crippen molar-refractivity contribution in [2.24, 2.45) is 0 Å². The lowest BCUT2D eigenvalue weighted by Crippen LogP contribution is -2.55. The van der Waals surface area contributed by atoms with Crippen LogP contribution in [0.3, 0.4) is 0 Å². The normalized spacial score (nSPS) is 27.9. The average Bonchev–Trinajstić information content (AvgIpc) is 2.05. The lowest BCUT2D eigenvalue weighted by Gasteiger charge is -2.41. The summed E-state index contributed by atoms with van der Waals surface area (Å²) in [7, 11) is 4.51. The largest absolute Gasteiger partial charge is 0.309 e. The van der Waals surface area contributed by atoms with E-state index in [0.717, 1.165) is 0 Å². The Hall–Kier alpha value is -0.0151.